The number of hydrogen-bond donors (Lipinski definition) is 0. The first-order valence-electron chi connectivity index (χ1n) is 4.86. The Bertz CT molecular complexity index is 274. The molecule has 0 unspecified atom stereocenters. The lowest BCUT2D eigenvalue weighted by Crippen LogP contribution is -2.29. The van der Waals surface area contributed by atoms with Crippen molar-refractivity contribution in [1.82, 2.24) is 9.88 Å². The van der Waals surface area contributed by atoms with Crippen molar-refractivity contribution >= 4 is 11.3 Å². The summed E-state index contributed by atoms with van der Waals surface area (Å²) in [5.41, 5.74) is 3.22. The predicted octanol–water partition coefficient (Wildman–Crippen LogP) is 2.26. The summed E-state index contributed by atoms with van der Waals surface area (Å²) in [6.07, 6.45) is 2.61. The molecule has 1 aliphatic heterocycles. The van der Waals surface area contributed by atoms with Crippen molar-refractivity contribution in [2.24, 2.45) is 0 Å². The van der Waals surface area contributed by atoms with Crippen LogP contribution < -0.4 is 0 Å². The summed E-state index contributed by atoms with van der Waals surface area (Å²) in [5, 5.41) is 0. The lowest BCUT2D eigenvalue weighted by atomic mass is 9.95. The van der Waals surface area contributed by atoms with Gasteiger partial charge in [0.15, 0.2) is 0 Å². The Hall–Kier alpha value is -0.410. The minimum atomic E-state index is 0.781. The molecule has 72 valence electrons. The highest BCUT2D eigenvalue weighted by Gasteiger charge is 2.20. The van der Waals surface area contributed by atoms with Gasteiger partial charge < -0.3 is 4.90 Å². The minimum absolute atomic E-state index is 0.781. The summed E-state index contributed by atoms with van der Waals surface area (Å²) in [5.74, 6) is 0.781. The van der Waals surface area contributed by atoms with Crippen molar-refractivity contribution in [3.63, 3.8) is 0 Å². The van der Waals surface area contributed by atoms with E-state index in [2.05, 4.69) is 23.9 Å². The molecule has 13 heavy (non-hydrogen) atoms. The number of aryl methyl sites for hydroxylation is 1. The van der Waals surface area contributed by atoms with Crippen molar-refractivity contribution < 1.29 is 0 Å². The molecule has 2 nitrogen and oxygen atoms in total. The quantitative estimate of drug-likeness (QED) is 0.685. The highest BCUT2D eigenvalue weighted by molar-refractivity contribution is 7.09. The Morgan fingerprint density at radius 1 is 1.46 bits per heavy atom. The summed E-state index contributed by atoms with van der Waals surface area (Å²) in [7, 11) is 2.20. The molecular formula is C10H16N2S. The highest BCUT2D eigenvalue weighted by Crippen LogP contribution is 2.31. The van der Waals surface area contributed by atoms with Gasteiger partial charge in [-0.1, -0.05) is 0 Å². The van der Waals surface area contributed by atoms with Gasteiger partial charge in [-0.05, 0) is 45.8 Å². The molecular weight excluding hydrogens is 180 g/mol. The molecule has 0 aromatic carbocycles. The standard InChI is InChI=1S/C10H16N2S/c1-8-10(13-7-11-8)9-3-5-12(2)6-4-9/h7,9H,3-6H2,1-2H3. The normalized spacial score (nSPS) is 20.8. The average molecular weight is 196 g/mol. The van der Waals surface area contributed by atoms with Crippen LogP contribution in [0.25, 0.3) is 0 Å². The third kappa shape index (κ3) is 1.92. The van der Waals surface area contributed by atoms with Crippen molar-refractivity contribution in [2.75, 3.05) is 20.1 Å². The SMILES string of the molecule is Cc1ncsc1C1CCN(C)CC1. The lowest BCUT2D eigenvalue weighted by Gasteiger charge is -2.28. The fourth-order valence-corrected chi connectivity index (χ4v) is 2.95. The molecule has 2 rings (SSSR count). The number of nitrogens with zero attached hydrogens (tertiary/aromatic N) is 2. The van der Waals surface area contributed by atoms with E-state index in [0.717, 1.165) is 5.92 Å². The number of rotatable bonds is 1. The summed E-state index contributed by atoms with van der Waals surface area (Å²) in [6, 6.07) is 0. The maximum atomic E-state index is 4.32. The second kappa shape index (κ2) is 3.76. The van der Waals surface area contributed by atoms with Gasteiger partial charge in [-0.15, -0.1) is 11.3 Å². The second-order valence-electron chi connectivity index (χ2n) is 3.88. The molecule has 0 bridgehead atoms. The summed E-state index contributed by atoms with van der Waals surface area (Å²) >= 11 is 1.83. The molecule has 1 aromatic rings. The van der Waals surface area contributed by atoms with E-state index in [1.165, 1.54) is 36.5 Å². The van der Waals surface area contributed by atoms with Crippen molar-refractivity contribution in [3.8, 4) is 0 Å². The maximum Gasteiger partial charge on any atom is 0.0797 e. The first-order valence-corrected chi connectivity index (χ1v) is 5.74. The van der Waals surface area contributed by atoms with Crippen LogP contribution >= 0.6 is 11.3 Å². The number of thiazole rings is 1. The van der Waals surface area contributed by atoms with Crippen LogP contribution in [-0.4, -0.2) is 30.0 Å². The van der Waals surface area contributed by atoms with Gasteiger partial charge in [0.25, 0.3) is 0 Å². The monoisotopic (exact) mass is 196 g/mol. The second-order valence-corrected chi connectivity index (χ2v) is 4.77. The van der Waals surface area contributed by atoms with Gasteiger partial charge in [0.1, 0.15) is 0 Å². The molecule has 1 fully saturated rings. The molecule has 0 radical (unpaired) electrons. The zero-order valence-electron chi connectivity index (χ0n) is 8.29. The van der Waals surface area contributed by atoms with Crippen LogP contribution in [0.15, 0.2) is 5.51 Å². The van der Waals surface area contributed by atoms with Crippen LogP contribution in [0.2, 0.25) is 0 Å². The highest BCUT2D eigenvalue weighted by atomic mass is 32.1. The molecule has 3 heteroatoms. The van der Waals surface area contributed by atoms with Crippen LogP contribution in [0.3, 0.4) is 0 Å². The lowest BCUT2D eigenvalue weighted by molar-refractivity contribution is 0.256. The average Bonchev–Trinajstić information content (AvgIpc) is 2.53. The van der Waals surface area contributed by atoms with E-state index in [4.69, 9.17) is 0 Å². The van der Waals surface area contributed by atoms with Gasteiger partial charge in [-0.25, -0.2) is 4.98 Å². The smallest absolute Gasteiger partial charge is 0.0797 e. The Labute approximate surface area is 83.6 Å². The van der Waals surface area contributed by atoms with E-state index < -0.39 is 0 Å². The number of likely N-dealkylation sites (tertiary alicyclic amines) is 1. The van der Waals surface area contributed by atoms with Crippen molar-refractivity contribution in [2.45, 2.75) is 25.7 Å². The van der Waals surface area contributed by atoms with Crippen LogP contribution in [-0.2, 0) is 0 Å². The van der Waals surface area contributed by atoms with E-state index in [9.17, 15) is 0 Å². The van der Waals surface area contributed by atoms with Crippen LogP contribution in [0.1, 0.15) is 29.3 Å². The van der Waals surface area contributed by atoms with Gasteiger partial charge in [0, 0.05) is 4.88 Å². The third-order valence-electron chi connectivity index (χ3n) is 2.87. The topological polar surface area (TPSA) is 16.1 Å². The largest absolute Gasteiger partial charge is 0.306 e. The number of aromatic nitrogens is 1. The van der Waals surface area contributed by atoms with Gasteiger partial charge in [-0.2, -0.15) is 0 Å². The van der Waals surface area contributed by atoms with E-state index >= 15 is 0 Å². The molecule has 1 aliphatic rings. The van der Waals surface area contributed by atoms with E-state index in [1.807, 2.05) is 16.8 Å². The number of piperidine rings is 1. The van der Waals surface area contributed by atoms with Gasteiger partial charge in [-0.3, -0.25) is 0 Å². The molecule has 0 saturated carbocycles. The Morgan fingerprint density at radius 2 is 2.15 bits per heavy atom. The first-order chi connectivity index (χ1) is 6.27. The van der Waals surface area contributed by atoms with Crippen LogP contribution in [0, 0.1) is 6.92 Å². The summed E-state index contributed by atoms with van der Waals surface area (Å²) in [6.45, 7) is 4.61. The molecule has 1 aromatic heterocycles. The molecule has 1 saturated heterocycles. The van der Waals surface area contributed by atoms with Crippen molar-refractivity contribution in [1.29, 1.82) is 0 Å². The zero-order valence-corrected chi connectivity index (χ0v) is 9.10. The number of hydrogen-bond acceptors (Lipinski definition) is 3. The van der Waals surface area contributed by atoms with E-state index in [-0.39, 0.29) is 0 Å². The zero-order chi connectivity index (χ0) is 9.26. The molecule has 0 N–H and O–H groups in total. The molecule has 0 atom stereocenters. The van der Waals surface area contributed by atoms with E-state index in [1.54, 1.807) is 0 Å². The predicted molar refractivity (Wildman–Crippen MR) is 56.3 cm³/mol. The Morgan fingerprint density at radius 3 is 2.69 bits per heavy atom. The van der Waals surface area contributed by atoms with Crippen LogP contribution in [0.4, 0.5) is 0 Å². The van der Waals surface area contributed by atoms with Gasteiger partial charge in [0.2, 0.25) is 0 Å². The van der Waals surface area contributed by atoms with Gasteiger partial charge in [0.05, 0.1) is 11.2 Å². The Balaban J connectivity index is 2.06. The van der Waals surface area contributed by atoms with Gasteiger partial charge >= 0.3 is 0 Å². The van der Waals surface area contributed by atoms with Crippen molar-refractivity contribution in [3.05, 3.63) is 16.1 Å². The fourth-order valence-electron chi connectivity index (χ4n) is 1.97. The minimum Gasteiger partial charge on any atom is -0.306 e. The molecule has 2 heterocycles. The molecule has 0 amide bonds. The maximum absolute atomic E-state index is 4.32. The first kappa shape index (κ1) is 9.16. The summed E-state index contributed by atoms with van der Waals surface area (Å²) in [4.78, 5) is 8.25. The molecule has 0 spiro atoms. The van der Waals surface area contributed by atoms with E-state index in [0.29, 0.717) is 0 Å². The fraction of sp³-hybridized carbons (Fsp3) is 0.700. The molecule has 0 aliphatic carbocycles. The third-order valence-corrected chi connectivity index (χ3v) is 3.97. The Kier molecular flexibility index (Phi) is 2.65. The summed E-state index contributed by atoms with van der Waals surface area (Å²) < 4.78 is 0. The van der Waals surface area contributed by atoms with Crippen LogP contribution in [0.5, 0.6) is 0 Å².